The Hall–Kier alpha value is -1.42. The minimum atomic E-state index is 0.119. The van der Waals surface area contributed by atoms with Gasteiger partial charge in [-0.1, -0.05) is 0 Å². The Morgan fingerprint density at radius 3 is 2.61 bits per heavy atom. The van der Waals surface area contributed by atoms with Crippen molar-refractivity contribution in [3.05, 3.63) is 30.1 Å². The van der Waals surface area contributed by atoms with Crippen molar-refractivity contribution in [2.75, 3.05) is 13.1 Å². The number of nitrogens with zero attached hydrogens (tertiary/aromatic N) is 2. The molecule has 2 N–H and O–H groups in total. The van der Waals surface area contributed by atoms with Gasteiger partial charge in [0.1, 0.15) is 0 Å². The third-order valence-electron chi connectivity index (χ3n) is 4.09. The standard InChI is InChI=1S/C14H19N3O/c15-13-5-10-4-11(6-13)9-17(8-10)14(18)12-2-1-3-16-7-12/h1-3,7,10-11,13H,4-6,8-9,15H2. The summed E-state index contributed by atoms with van der Waals surface area (Å²) in [5.41, 5.74) is 6.74. The van der Waals surface area contributed by atoms with Gasteiger partial charge in [-0.2, -0.15) is 0 Å². The molecule has 96 valence electrons. The van der Waals surface area contributed by atoms with Gasteiger partial charge in [-0.15, -0.1) is 0 Å². The second kappa shape index (κ2) is 4.69. The van der Waals surface area contributed by atoms with Crippen molar-refractivity contribution in [2.45, 2.75) is 25.3 Å². The van der Waals surface area contributed by atoms with E-state index in [1.54, 1.807) is 12.4 Å². The van der Waals surface area contributed by atoms with E-state index in [-0.39, 0.29) is 5.91 Å². The normalized spacial score (nSPS) is 31.2. The molecule has 2 bridgehead atoms. The Morgan fingerprint density at radius 1 is 1.28 bits per heavy atom. The van der Waals surface area contributed by atoms with Crippen LogP contribution in [0, 0.1) is 11.8 Å². The SMILES string of the molecule is NC1CC2CC(C1)CN(C(=O)c1cccnc1)C2. The third-order valence-corrected chi connectivity index (χ3v) is 4.09. The molecule has 1 amide bonds. The molecule has 1 aromatic heterocycles. The second-order valence-electron chi connectivity index (χ2n) is 5.65. The predicted molar refractivity (Wildman–Crippen MR) is 68.9 cm³/mol. The van der Waals surface area contributed by atoms with Gasteiger partial charge < -0.3 is 10.6 Å². The molecule has 1 aromatic rings. The summed E-state index contributed by atoms with van der Waals surface area (Å²) in [5.74, 6) is 1.30. The molecular formula is C14H19N3O. The van der Waals surface area contributed by atoms with Gasteiger partial charge in [0.15, 0.2) is 0 Å². The highest BCUT2D eigenvalue weighted by molar-refractivity contribution is 5.93. The first-order valence-corrected chi connectivity index (χ1v) is 6.67. The number of hydrogen-bond donors (Lipinski definition) is 1. The molecule has 1 aliphatic carbocycles. The van der Waals surface area contributed by atoms with Gasteiger partial charge in [-0.05, 0) is 43.2 Å². The number of nitrogens with two attached hydrogens (primary N) is 1. The van der Waals surface area contributed by atoms with E-state index in [9.17, 15) is 4.79 Å². The van der Waals surface area contributed by atoms with Gasteiger partial charge in [0.05, 0.1) is 5.56 Å². The van der Waals surface area contributed by atoms with Crippen LogP contribution in [0.2, 0.25) is 0 Å². The van der Waals surface area contributed by atoms with Crippen molar-refractivity contribution in [3.8, 4) is 0 Å². The zero-order chi connectivity index (χ0) is 12.5. The highest BCUT2D eigenvalue weighted by atomic mass is 16.2. The van der Waals surface area contributed by atoms with Gasteiger partial charge >= 0.3 is 0 Å². The lowest BCUT2D eigenvalue weighted by molar-refractivity contribution is 0.0475. The van der Waals surface area contributed by atoms with Gasteiger partial charge in [-0.3, -0.25) is 9.78 Å². The molecule has 0 aromatic carbocycles. The molecule has 1 saturated carbocycles. The van der Waals surface area contributed by atoms with Crippen LogP contribution in [-0.2, 0) is 0 Å². The average molecular weight is 245 g/mol. The number of carbonyl (C=O) groups excluding carboxylic acids is 1. The highest BCUT2D eigenvalue weighted by Crippen LogP contribution is 2.34. The van der Waals surface area contributed by atoms with Crippen LogP contribution in [0.15, 0.2) is 24.5 Å². The first kappa shape index (κ1) is 11.7. The lowest BCUT2D eigenvalue weighted by Crippen LogP contribution is -2.49. The summed E-state index contributed by atoms with van der Waals surface area (Å²) in [6, 6.07) is 3.99. The molecule has 2 aliphatic rings. The summed E-state index contributed by atoms with van der Waals surface area (Å²) in [4.78, 5) is 18.4. The van der Waals surface area contributed by atoms with Gasteiger partial charge in [0, 0.05) is 31.5 Å². The molecule has 2 unspecified atom stereocenters. The van der Waals surface area contributed by atoms with Crippen LogP contribution >= 0.6 is 0 Å². The minimum Gasteiger partial charge on any atom is -0.338 e. The maximum atomic E-state index is 12.4. The lowest BCUT2D eigenvalue weighted by atomic mass is 9.75. The first-order valence-electron chi connectivity index (χ1n) is 6.67. The number of piperidine rings is 1. The maximum Gasteiger partial charge on any atom is 0.255 e. The largest absolute Gasteiger partial charge is 0.338 e. The van der Waals surface area contributed by atoms with Crippen LogP contribution in [0.1, 0.15) is 29.6 Å². The Morgan fingerprint density at radius 2 is 2.00 bits per heavy atom. The maximum absolute atomic E-state index is 12.4. The number of fused-ring (bicyclic) bond motifs is 2. The van der Waals surface area contributed by atoms with Crippen LogP contribution in [0.3, 0.4) is 0 Å². The van der Waals surface area contributed by atoms with Crippen molar-refractivity contribution in [1.29, 1.82) is 0 Å². The molecule has 3 rings (SSSR count). The fraction of sp³-hybridized carbons (Fsp3) is 0.571. The number of rotatable bonds is 1. The predicted octanol–water partition coefficient (Wildman–Crippen LogP) is 1.28. The van der Waals surface area contributed by atoms with E-state index in [0.29, 0.717) is 23.4 Å². The molecule has 1 aliphatic heterocycles. The van der Waals surface area contributed by atoms with Crippen molar-refractivity contribution < 1.29 is 4.79 Å². The summed E-state index contributed by atoms with van der Waals surface area (Å²) >= 11 is 0. The summed E-state index contributed by atoms with van der Waals surface area (Å²) in [6.07, 6.45) is 6.71. The molecular weight excluding hydrogens is 226 g/mol. The van der Waals surface area contributed by atoms with Crippen molar-refractivity contribution in [1.82, 2.24) is 9.88 Å². The molecule has 18 heavy (non-hydrogen) atoms. The van der Waals surface area contributed by atoms with Crippen LogP contribution in [-0.4, -0.2) is 34.9 Å². The third kappa shape index (κ3) is 2.25. The Bertz CT molecular complexity index is 416. The molecule has 2 atom stereocenters. The van der Waals surface area contributed by atoms with Crippen LogP contribution in [0.4, 0.5) is 0 Å². The van der Waals surface area contributed by atoms with Gasteiger partial charge in [0.2, 0.25) is 0 Å². The number of amides is 1. The molecule has 2 fully saturated rings. The average Bonchev–Trinajstić information content (AvgIpc) is 2.37. The highest BCUT2D eigenvalue weighted by Gasteiger charge is 2.35. The van der Waals surface area contributed by atoms with Crippen molar-refractivity contribution >= 4 is 5.91 Å². The van der Waals surface area contributed by atoms with E-state index in [0.717, 1.165) is 25.9 Å². The number of pyridine rings is 1. The number of hydrogen-bond acceptors (Lipinski definition) is 3. The van der Waals surface area contributed by atoms with Crippen molar-refractivity contribution in [3.63, 3.8) is 0 Å². The lowest BCUT2D eigenvalue weighted by Gasteiger charge is -2.43. The quantitative estimate of drug-likeness (QED) is 0.811. The Balaban J connectivity index is 1.73. The van der Waals surface area contributed by atoms with E-state index in [1.165, 1.54) is 6.42 Å². The molecule has 0 radical (unpaired) electrons. The molecule has 4 nitrogen and oxygen atoms in total. The molecule has 2 heterocycles. The number of likely N-dealkylation sites (tertiary alicyclic amines) is 1. The topological polar surface area (TPSA) is 59.2 Å². The van der Waals surface area contributed by atoms with E-state index in [1.807, 2.05) is 17.0 Å². The summed E-state index contributed by atoms with van der Waals surface area (Å²) in [5, 5.41) is 0. The monoisotopic (exact) mass is 245 g/mol. The first-order chi connectivity index (χ1) is 8.72. The number of carbonyl (C=O) groups is 1. The summed E-state index contributed by atoms with van der Waals surface area (Å²) < 4.78 is 0. The Labute approximate surface area is 107 Å². The van der Waals surface area contributed by atoms with Gasteiger partial charge in [-0.25, -0.2) is 0 Å². The van der Waals surface area contributed by atoms with E-state index in [4.69, 9.17) is 5.73 Å². The zero-order valence-corrected chi connectivity index (χ0v) is 10.5. The molecule has 0 spiro atoms. The Kier molecular flexibility index (Phi) is 3.04. The van der Waals surface area contributed by atoms with E-state index in [2.05, 4.69) is 4.98 Å². The smallest absolute Gasteiger partial charge is 0.255 e. The molecule has 1 saturated heterocycles. The molecule has 4 heteroatoms. The fourth-order valence-electron chi connectivity index (χ4n) is 3.45. The van der Waals surface area contributed by atoms with E-state index >= 15 is 0 Å². The second-order valence-corrected chi connectivity index (χ2v) is 5.65. The minimum absolute atomic E-state index is 0.119. The summed E-state index contributed by atoms with van der Waals surface area (Å²) in [6.45, 7) is 1.72. The van der Waals surface area contributed by atoms with Crippen LogP contribution < -0.4 is 5.73 Å². The van der Waals surface area contributed by atoms with Crippen LogP contribution in [0.5, 0.6) is 0 Å². The van der Waals surface area contributed by atoms with Crippen LogP contribution in [0.25, 0.3) is 0 Å². The fourth-order valence-corrected chi connectivity index (χ4v) is 3.45. The van der Waals surface area contributed by atoms with Crippen molar-refractivity contribution in [2.24, 2.45) is 17.6 Å². The van der Waals surface area contributed by atoms with Gasteiger partial charge in [0.25, 0.3) is 5.91 Å². The van der Waals surface area contributed by atoms with E-state index < -0.39 is 0 Å². The zero-order valence-electron chi connectivity index (χ0n) is 10.5. The summed E-state index contributed by atoms with van der Waals surface area (Å²) in [7, 11) is 0. The number of aromatic nitrogens is 1.